The lowest BCUT2D eigenvalue weighted by Gasteiger charge is -2.15. The third kappa shape index (κ3) is 0.866. The molecule has 0 bridgehead atoms. The zero-order valence-electron chi connectivity index (χ0n) is 11.2. The summed E-state index contributed by atoms with van der Waals surface area (Å²) in [6, 6.07) is 17.0. The summed E-state index contributed by atoms with van der Waals surface area (Å²) in [5.74, 6) is 1.03. The Hall–Kier alpha value is -2.09. The van der Waals surface area contributed by atoms with E-state index in [9.17, 15) is 4.79 Å². The molecule has 0 aromatic heterocycles. The number of methoxy groups -OCH3 is 1. The quantitative estimate of drug-likeness (QED) is 0.739. The van der Waals surface area contributed by atoms with Crippen LogP contribution in [0.2, 0.25) is 0 Å². The predicted octanol–water partition coefficient (Wildman–Crippen LogP) is 2.97. The van der Waals surface area contributed by atoms with Crippen LogP contribution in [-0.2, 0) is 14.9 Å². The summed E-state index contributed by atoms with van der Waals surface area (Å²) >= 11 is 0. The van der Waals surface area contributed by atoms with Crippen LogP contribution < -0.4 is 0 Å². The number of esters is 1. The van der Waals surface area contributed by atoms with E-state index in [1.807, 2.05) is 6.07 Å². The van der Waals surface area contributed by atoms with Crippen molar-refractivity contribution in [3.8, 4) is 0 Å². The van der Waals surface area contributed by atoms with Crippen molar-refractivity contribution in [3.05, 3.63) is 70.8 Å². The molecule has 2 heteroatoms. The Morgan fingerprint density at radius 3 is 2.40 bits per heavy atom. The van der Waals surface area contributed by atoms with Gasteiger partial charge in [-0.3, -0.25) is 4.79 Å². The highest BCUT2D eigenvalue weighted by Crippen LogP contribution is 2.81. The number of ether oxygens (including phenoxy) is 1. The van der Waals surface area contributed by atoms with Crippen LogP contribution in [0.3, 0.4) is 0 Å². The first-order valence-electron chi connectivity index (χ1n) is 7.08. The minimum Gasteiger partial charge on any atom is -0.468 e. The molecule has 2 nitrogen and oxygen atoms in total. The second-order valence-corrected chi connectivity index (χ2v) is 6.06. The van der Waals surface area contributed by atoms with Gasteiger partial charge in [0.2, 0.25) is 0 Å². The molecule has 0 N–H and O–H groups in total. The maximum absolute atomic E-state index is 12.5. The summed E-state index contributed by atoms with van der Waals surface area (Å²) in [4.78, 5) is 12.5. The molecule has 1 fully saturated rings. The second-order valence-electron chi connectivity index (χ2n) is 6.06. The summed E-state index contributed by atoms with van der Waals surface area (Å²) in [5.41, 5.74) is 4.88. The Morgan fingerprint density at radius 1 is 1.00 bits per heavy atom. The molecule has 0 radical (unpaired) electrons. The van der Waals surface area contributed by atoms with Crippen LogP contribution in [0.15, 0.2) is 48.5 Å². The third-order valence-electron chi connectivity index (χ3n) is 5.56. The van der Waals surface area contributed by atoms with Crippen LogP contribution in [0.25, 0.3) is 0 Å². The van der Waals surface area contributed by atoms with Gasteiger partial charge in [0.1, 0.15) is 5.41 Å². The van der Waals surface area contributed by atoms with Crippen molar-refractivity contribution >= 4 is 5.97 Å². The van der Waals surface area contributed by atoms with Gasteiger partial charge in [0.05, 0.1) is 7.11 Å². The molecule has 20 heavy (non-hydrogen) atoms. The molecule has 0 saturated heterocycles. The third-order valence-corrected chi connectivity index (χ3v) is 5.56. The second kappa shape index (κ2) is 3.14. The summed E-state index contributed by atoms with van der Waals surface area (Å²) in [7, 11) is 1.51. The molecule has 0 unspecified atom stereocenters. The molecule has 98 valence electrons. The maximum Gasteiger partial charge on any atom is 0.317 e. The normalized spacial score (nSPS) is 34.1. The van der Waals surface area contributed by atoms with Crippen molar-refractivity contribution in [1.29, 1.82) is 0 Å². The van der Waals surface area contributed by atoms with E-state index in [0.29, 0.717) is 17.8 Å². The zero-order valence-corrected chi connectivity index (χ0v) is 11.2. The van der Waals surface area contributed by atoms with Crippen molar-refractivity contribution in [2.45, 2.75) is 17.3 Å². The van der Waals surface area contributed by atoms with Crippen molar-refractivity contribution in [1.82, 2.24) is 0 Å². The van der Waals surface area contributed by atoms with E-state index in [-0.39, 0.29) is 5.97 Å². The molecule has 5 rings (SSSR count). The molecule has 3 aliphatic carbocycles. The van der Waals surface area contributed by atoms with Gasteiger partial charge in [-0.15, -0.1) is 0 Å². The Morgan fingerprint density at radius 2 is 1.65 bits per heavy atom. The Balaban J connectivity index is 1.84. The van der Waals surface area contributed by atoms with Crippen LogP contribution in [-0.4, -0.2) is 13.1 Å². The van der Waals surface area contributed by atoms with Crippen molar-refractivity contribution in [2.24, 2.45) is 5.92 Å². The molecule has 0 spiro atoms. The molecule has 1 saturated carbocycles. The highest BCUT2D eigenvalue weighted by atomic mass is 16.5. The van der Waals surface area contributed by atoms with Gasteiger partial charge in [-0.1, -0.05) is 48.5 Å². The predicted molar refractivity (Wildman–Crippen MR) is 74.7 cm³/mol. The highest BCUT2D eigenvalue weighted by Gasteiger charge is 2.81. The highest BCUT2D eigenvalue weighted by molar-refractivity contribution is 5.95. The maximum atomic E-state index is 12.5. The molecular weight excluding hydrogens is 248 g/mol. The van der Waals surface area contributed by atoms with Crippen molar-refractivity contribution < 1.29 is 9.53 Å². The van der Waals surface area contributed by atoms with Gasteiger partial charge in [0.15, 0.2) is 0 Å². The lowest BCUT2D eigenvalue weighted by atomic mass is 9.90. The van der Waals surface area contributed by atoms with Gasteiger partial charge in [-0.05, 0) is 28.2 Å². The van der Waals surface area contributed by atoms with E-state index in [4.69, 9.17) is 4.74 Å². The van der Waals surface area contributed by atoms with Crippen LogP contribution in [0.1, 0.15) is 34.1 Å². The number of rotatable bonds is 1. The Kier molecular flexibility index (Phi) is 1.68. The van der Waals surface area contributed by atoms with Gasteiger partial charge >= 0.3 is 5.97 Å². The summed E-state index contributed by atoms with van der Waals surface area (Å²) in [6.07, 6.45) is 0. The lowest BCUT2D eigenvalue weighted by molar-refractivity contribution is -0.144. The van der Waals surface area contributed by atoms with Crippen LogP contribution >= 0.6 is 0 Å². The smallest absolute Gasteiger partial charge is 0.317 e. The topological polar surface area (TPSA) is 26.3 Å². The van der Waals surface area contributed by atoms with E-state index in [2.05, 4.69) is 42.5 Å². The van der Waals surface area contributed by atoms with Crippen LogP contribution in [0.5, 0.6) is 0 Å². The number of hydrogen-bond donors (Lipinski definition) is 0. The number of fused-ring (bicyclic) bond motifs is 7. The zero-order chi connectivity index (χ0) is 13.5. The molecular formula is C18H14O2. The van der Waals surface area contributed by atoms with Crippen LogP contribution in [0.4, 0.5) is 0 Å². The summed E-state index contributed by atoms with van der Waals surface area (Å²) < 4.78 is 5.16. The fraction of sp³-hybridized carbons (Fsp3) is 0.278. The number of carbonyl (C=O) groups is 1. The first-order chi connectivity index (χ1) is 9.81. The van der Waals surface area contributed by atoms with Crippen molar-refractivity contribution in [2.75, 3.05) is 7.11 Å². The SMILES string of the molecule is COC(=O)[C@@]12c3ccccc3[C@@H]3c4ccccc4[C@H]1[C@@H]32. The molecule has 0 heterocycles. The van der Waals surface area contributed by atoms with Gasteiger partial charge in [0.25, 0.3) is 0 Å². The minimum atomic E-state index is -0.398. The van der Waals surface area contributed by atoms with Gasteiger partial charge < -0.3 is 4.74 Å². The molecule has 0 aliphatic heterocycles. The first kappa shape index (κ1) is 10.7. The number of benzene rings is 2. The summed E-state index contributed by atoms with van der Waals surface area (Å²) in [6.45, 7) is 0. The fourth-order valence-corrected chi connectivity index (χ4v) is 4.97. The average Bonchev–Trinajstić information content (AvgIpc) is 2.96. The van der Waals surface area contributed by atoms with E-state index in [1.165, 1.54) is 29.4 Å². The average molecular weight is 262 g/mol. The van der Waals surface area contributed by atoms with Gasteiger partial charge in [0, 0.05) is 11.8 Å². The number of hydrogen-bond acceptors (Lipinski definition) is 2. The molecule has 0 amide bonds. The molecule has 3 aliphatic rings. The minimum absolute atomic E-state index is 0.0584. The molecule has 4 atom stereocenters. The Labute approximate surface area is 117 Å². The monoisotopic (exact) mass is 262 g/mol. The van der Waals surface area contributed by atoms with E-state index < -0.39 is 5.41 Å². The van der Waals surface area contributed by atoms with Gasteiger partial charge in [-0.25, -0.2) is 0 Å². The van der Waals surface area contributed by atoms with E-state index in [1.54, 1.807) is 0 Å². The standard InChI is InChI=1S/C18H14O2/c1-20-17(19)18-13-9-5-4-8-12(13)14-10-6-2-3-7-11(10)15(18)16(14)18/h2-9,14-16H,1H3/t14-,15-,16+,18-/m0/s1. The first-order valence-corrected chi connectivity index (χ1v) is 7.08. The fourth-order valence-electron chi connectivity index (χ4n) is 4.97. The Bertz CT molecular complexity index is 764. The van der Waals surface area contributed by atoms with Crippen LogP contribution in [0, 0.1) is 5.92 Å². The van der Waals surface area contributed by atoms with E-state index >= 15 is 0 Å². The van der Waals surface area contributed by atoms with E-state index in [0.717, 1.165) is 0 Å². The lowest BCUT2D eigenvalue weighted by Crippen LogP contribution is -2.25. The molecule has 2 aromatic rings. The molecule has 2 aromatic carbocycles. The number of carbonyl (C=O) groups excluding carboxylic acids is 1. The largest absolute Gasteiger partial charge is 0.468 e. The van der Waals surface area contributed by atoms with Crippen molar-refractivity contribution in [3.63, 3.8) is 0 Å². The summed E-state index contributed by atoms with van der Waals surface area (Å²) in [5, 5.41) is 0. The van der Waals surface area contributed by atoms with Gasteiger partial charge in [-0.2, -0.15) is 0 Å².